The molecule has 0 atom stereocenters. The Labute approximate surface area is 102 Å². The molecule has 1 aromatic carbocycles. The molecule has 0 unspecified atom stereocenters. The molecule has 0 N–H and O–H groups in total. The molecule has 0 saturated heterocycles. The minimum Gasteiger partial charge on any atom is -0.335 e. The van der Waals surface area contributed by atoms with E-state index in [0.29, 0.717) is 0 Å². The lowest BCUT2D eigenvalue weighted by molar-refractivity contribution is 0.676. The molecule has 0 amide bonds. The largest absolute Gasteiger partial charge is 0.335 e. The van der Waals surface area contributed by atoms with Crippen molar-refractivity contribution in [2.24, 2.45) is 0 Å². The Hall–Kier alpha value is -0.890. The van der Waals surface area contributed by atoms with Gasteiger partial charge in [0.25, 0.3) is 0 Å². The standard InChI is InChI=1S/C14H16NS/c1-3-15-10(2)16-14-12-7-5-4-6-11(12)8-9-13(14)15/h2,8-9H,3-7H2,1H3. The second-order valence-electron chi connectivity index (χ2n) is 4.44. The van der Waals surface area contributed by atoms with Gasteiger partial charge in [-0.05, 0) is 56.4 Å². The summed E-state index contributed by atoms with van der Waals surface area (Å²) in [5.74, 6) is 0. The Morgan fingerprint density at radius 3 is 2.94 bits per heavy atom. The normalized spacial score (nSPS) is 18.6. The number of hydrogen-bond donors (Lipinski definition) is 0. The van der Waals surface area contributed by atoms with Gasteiger partial charge in [0.05, 0.1) is 10.7 Å². The number of anilines is 1. The van der Waals surface area contributed by atoms with Crippen molar-refractivity contribution in [3.63, 3.8) is 0 Å². The zero-order chi connectivity index (χ0) is 11.1. The van der Waals surface area contributed by atoms with Crippen LogP contribution >= 0.6 is 11.8 Å². The Kier molecular flexibility index (Phi) is 2.47. The molecule has 1 aliphatic heterocycles. The summed E-state index contributed by atoms with van der Waals surface area (Å²) < 4.78 is 0. The highest BCUT2D eigenvalue weighted by Crippen LogP contribution is 2.48. The van der Waals surface area contributed by atoms with Gasteiger partial charge in [-0.2, -0.15) is 0 Å². The molecule has 0 spiro atoms. The monoisotopic (exact) mass is 230 g/mol. The molecule has 0 saturated carbocycles. The third-order valence-corrected chi connectivity index (χ3v) is 4.63. The highest BCUT2D eigenvalue weighted by molar-refractivity contribution is 8.03. The number of rotatable bonds is 1. The van der Waals surface area contributed by atoms with E-state index in [4.69, 9.17) is 6.58 Å². The molecular formula is C14H16NS. The molecule has 1 nitrogen and oxygen atoms in total. The lowest BCUT2D eigenvalue weighted by atomic mass is 9.91. The molecule has 0 bridgehead atoms. The second-order valence-corrected chi connectivity index (χ2v) is 5.47. The fraction of sp³-hybridized carbons (Fsp3) is 0.429. The molecule has 1 aromatic rings. The summed E-state index contributed by atoms with van der Waals surface area (Å²) in [7, 11) is 0. The van der Waals surface area contributed by atoms with Crippen LogP contribution in [0.4, 0.5) is 5.69 Å². The summed E-state index contributed by atoms with van der Waals surface area (Å²) in [5, 5.41) is 0.941. The van der Waals surface area contributed by atoms with E-state index in [1.807, 2.05) is 0 Å². The molecule has 83 valence electrons. The van der Waals surface area contributed by atoms with E-state index in [0.717, 1.165) is 11.6 Å². The van der Waals surface area contributed by atoms with Crippen molar-refractivity contribution in [1.29, 1.82) is 0 Å². The summed E-state index contributed by atoms with van der Waals surface area (Å²) in [6.07, 6.45) is 5.15. The lowest BCUT2D eigenvalue weighted by Crippen LogP contribution is -2.16. The van der Waals surface area contributed by atoms with Gasteiger partial charge in [-0.1, -0.05) is 17.8 Å². The zero-order valence-corrected chi connectivity index (χ0v) is 10.4. The third kappa shape index (κ3) is 1.40. The molecule has 1 aliphatic carbocycles. The summed E-state index contributed by atoms with van der Waals surface area (Å²) >= 11 is 1.76. The van der Waals surface area contributed by atoms with Crippen LogP contribution in [0, 0.1) is 6.58 Å². The molecule has 2 heteroatoms. The fourth-order valence-corrected chi connectivity index (χ4v) is 3.90. The van der Waals surface area contributed by atoms with Crippen LogP contribution in [0.15, 0.2) is 22.1 Å². The van der Waals surface area contributed by atoms with Gasteiger partial charge in [0.15, 0.2) is 0 Å². The average molecular weight is 230 g/mol. The highest BCUT2D eigenvalue weighted by Gasteiger charge is 2.27. The van der Waals surface area contributed by atoms with Gasteiger partial charge in [0.1, 0.15) is 0 Å². The summed E-state index contributed by atoms with van der Waals surface area (Å²) in [6.45, 7) is 9.20. The van der Waals surface area contributed by atoms with Crippen LogP contribution in [0.3, 0.4) is 0 Å². The summed E-state index contributed by atoms with van der Waals surface area (Å²) in [4.78, 5) is 3.64. The number of aryl methyl sites for hydroxylation is 1. The van der Waals surface area contributed by atoms with Crippen molar-refractivity contribution in [2.45, 2.75) is 37.5 Å². The zero-order valence-electron chi connectivity index (χ0n) is 9.62. The van der Waals surface area contributed by atoms with Crippen LogP contribution in [0.25, 0.3) is 0 Å². The number of thioether (sulfide) groups is 1. The van der Waals surface area contributed by atoms with E-state index in [1.54, 1.807) is 22.9 Å². The lowest BCUT2D eigenvalue weighted by Gasteiger charge is -2.20. The number of nitrogens with zero attached hydrogens (tertiary/aromatic N) is 1. The summed E-state index contributed by atoms with van der Waals surface area (Å²) in [6, 6.07) is 4.55. The number of fused-ring (bicyclic) bond motifs is 3. The molecule has 16 heavy (non-hydrogen) atoms. The first-order valence-corrected chi connectivity index (χ1v) is 6.85. The van der Waals surface area contributed by atoms with Crippen molar-refractivity contribution >= 4 is 17.4 Å². The SMILES string of the molecule is [CH]=C1Sc2c(ccc3c2CCCC3)N1CC. The van der Waals surface area contributed by atoms with Crippen molar-refractivity contribution in [1.82, 2.24) is 0 Å². The van der Waals surface area contributed by atoms with Gasteiger partial charge >= 0.3 is 0 Å². The van der Waals surface area contributed by atoms with E-state index < -0.39 is 0 Å². The van der Waals surface area contributed by atoms with Crippen LogP contribution in [-0.2, 0) is 12.8 Å². The first-order valence-electron chi connectivity index (χ1n) is 6.04. The van der Waals surface area contributed by atoms with Crippen LogP contribution in [0.1, 0.15) is 30.9 Å². The molecule has 0 fully saturated rings. The first kappa shape index (κ1) is 10.3. The fourth-order valence-electron chi connectivity index (χ4n) is 2.71. The molecule has 1 heterocycles. The van der Waals surface area contributed by atoms with Gasteiger partial charge in [0.2, 0.25) is 0 Å². The Morgan fingerprint density at radius 1 is 1.31 bits per heavy atom. The number of benzene rings is 1. The first-order chi connectivity index (χ1) is 7.81. The van der Waals surface area contributed by atoms with Gasteiger partial charge < -0.3 is 4.90 Å². The van der Waals surface area contributed by atoms with Crippen LogP contribution in [-0.4, -0.2) is 6.54 Å². The van der Waals surface area contributed by atoms with E-state index >= 15 is 0 Å². The predicted octanol–water partition coefficient (Wildman–Crippen LogP) is 3.77. The van der Waals surface area contributed by atoms with Crippen molar-refractivity contribution in [3.05, 3.63) is 34.9 Å². The minimum absolute atomic E-state index is 0.941. The average Bonchev–Trinajstić information content (AvgIpc) is 2.65. The van der Waals surface area contributed by atoms with Gasteiger partial charge in [-0.15, -0.1) is 0 Å². The quantitative estimate of drug-likeness (QED) is 0.722. The molecule has 2 aliphatic rings. The Bertz CT molecular complexity index is 450. The third-order valence-electron chi connectivity index (χ3n) is 3.54. The van der Waals surface area contributed by atoms with Crippen molar-refractivity contribution in [3.8, 4) is 0 Å². The Balaban J connectivity index is 2.13. The van der Waals surface area contributed by atoms with Crippen LogP contribution in [0.2, 0.25) is 0 Å². The maximum Gasteiger partial charge on any atom is 0.0802 e. The van der Waals surface area contributed by atoms with Crippen molar-refractivity contribution in [2.75, 3.05) is 11.4 Å². The molecule has 0 aromatic heterocycles. The maximum absolute atomic E-state index is 6.08. The molecular weight excluding hydrogens is 214 g/mol. The van der Waals surface area contributed by atoms with E-state index in [9.17, 15) is 0 Å². The number of hydrogen-bond acceptors (Lipinski definition) is 2. The van der Waals surface area contributed by atoms with Gasteiger partial charge in [-0.3, -0.25) is 0 Å². The van der Waals surface area contributed by atoms with Crippen molar-refractivity contribution < 1.29 is 0 Å². The van der Waals surface area contributed by atoms with Gasteiger partial charge in [-0.25, -0.2) is 0 Å². The predicted molar refractivity (Wildman–Crippen MR) is 69.8 cm³/mol. The minimum atomic E-state index is 0.941. The summed E-state index contributed by atoms with van der Waals surface area (Å²) in [5.41, 5.74) is 4.43. The maximum atomic E-state index is 6.08. The van der Waals surface area contributed by atoms with E-state index in [1.165, 1.54) is 36.3 Å². The second kappa shape index (κ2) is 3.85. The topological polar surface area (TPSA) is 3.24 Å². The van der Waals surface area contributed by atoms with Crippen LogP contribution in [0.5, 0.6) is 0 Å². The highest BCUT2D eigenvalue weighted by atomic mass is 32.2. The van der Waals surface area contributed by atoms with E-state index in [-0.39, 0.29) is 0 Å². The smallest absolute Gasteiger partial charge is 0.0802 e. The van der Waals surface area contributed by atoms with Crippen LogP contribution < -0.4 is 4.90 Å². The molecule has 3 rings (SSSR count). The van der Waals surface area contributed by atoms with E-state index in [2.05, 4.69) is 24.0 Å². The molecule has 1 radical (unpaired) electrons. The Morgan fingerprint density at radius 2 is 2.12 bits per heavy atom. The van der Waals surface area contributed by atoms with Gasteiger partial charge in [0, 0.05) is 11.4 Å².